The molecule has 1 aromatic carbocycles. The average Bonchev–Trinajstić information content (AvgIpc) is 2.76. The summed E-state index contributed by atoms with van der Waals surface area (Å²) in [5.41, 5.74) is 1.84. The van der Waals surface area contributed by atoms with Crippen molar-refractivity contribution in [2.75, 3.05) is 7.05 Å². The Kier molecular flexibility index (Phi) is 3.90. The molecular weight excluding hydrogens is 240 g/mol. The van der Waals surface area contributed by atoms with Gasteiger partial charge in [-0.25, -0.2) is 0 Å². The van der Waals surface area contributed by atoms with Gasteiger partial charge in [-0.05, 0) is 19.9 Å². The first-order valence-electron chi connectivity index (χ1n) is 6.48. The van der Waals surface area contributed by atoms with Crippen molar-refractivity contribution in [3.63, 3.8) is 0 Å². The Balaban J connectivity index is 2.33. The van der Waals surface area contributed by atoms with E-state index in [9.17, 15) is 9.90 Å². The molecule has 0 unspecified atom stereocenters. The highest BCUT2D eigenvalue weighted by Crippen LogP contribution is 2.21. The first-order chi connectivity index (χ1) is 9.04. The van der Waals surface area contributed by atoms with Crippen LogP contribution in [0.1, 0.15) is 19.4 Å². The number of aliphatic hydroxyl groups is 1. The predicted molar refractivity (Wildman–Crippen MR) is 75.8 cm³/mol. The van der Waals surface area contributed by atoms with Crippen molar-refractivity contribution >= 4 is 16.8 Å². The van der Waals surface area contributed by atoms with Crippen LogP contribution in [0.3, 0.4) is 0 Å². The number of nitrogens with zero attached hydrogens (tertiary/aromatic N) is 2. The third-order valence-corrected chi connectivity index (χ3v) is 3.52. The summed E-state index contributed by atoms with van der Waals surface area (Å²) in [4.78, 5) is 13.9. The van der Waals surface area contributed by atoms with E-state index in [0.29, 0.717) is 6.54 Å². The van der Waals surface area contributed by atoms with E-state index in [0.717, 1.165) is 16.5 Å². The molecular formula is C15H20N2O2. The number of carbonyl (C=O) groups is 1. The van der Waals surface area contributed by atoms with Crippen LogP contribution in [-0.4, -0.2) is 33.6 Å². The van der Waals surface area contributed by atoms with Gasteiger partial charge in [-0.3, -0.25) is 4.79 Å². The molecule has 0 spiro atoms. The fourth-order valence-corrected chi connectivity index (χ4v) is 2.12. The van der Waals surface area contributed by atoms with Gasteiger partial charge < -0.3 is 14.6 Å². The Morgan fingerprint density at radius 1 is 1.37 bits per heavy atom. The van der Waals surface area contributed by atoms with E-state index in [1.165, 1.54) is 0 Å². The quantitative estimate of drug-likeness (QED) is 0.914. The molecule has 4 nitrogen and oxygen atoms in total. The minimum Gasteiger partial charge on any atom is -0.392 e. The smallest absolute Gasteiger partial charge is 0.242 e. The van der Waals surface area contributed by atoms with E-state index >= 15 is 0 Å². The Hall–Kier alpha value is -1.81. The average molecular weight is 260 g/mol. The summed E-state index contributed by atoms with van der Waals surface area (Å²) in [7, 11) is 1.81. The van der Waals surface area contributed by atoms with Crippen molar-refractivity contribution in [1.82, 2.24) is 9.47 Å². The first-order valence-corrected chi connectivity index (χ1v) is 6.48. The lowest BCUT2D eigenvalue weighted by Crippen LogP contribution is -2.35. The van der Waals surface area contributed by atoms with Crippen LogP contribution in [0.15, 0.2) is 30.5 Å². The van der Waals surface area contributed by atoms with Crippen LogP contribution in [0, 0.1) is 0 Å². The first kappa shape index (κ1) is 13.6. The largest absolute Gasteiger partial charge is 0.392 e. The molecule has 0 aliphatic heterocycles. The van der Waals surface area contributed by atoms with Crippen LogP contribution in [0.2, 0.25) is 0 Å². The number of fused-ring (bicyclic) bond motifs is 1. The molecule has 0 atom stereocenters. The number of rotatable bonds is 4. The van der Waals surface area contributed by atoms with E-state index in [2.05, 4.69) is 0 Å². The summed E-state index contributed by atoms with van der Waals surface area (Å²) in [5, 5.41) is 10.4. The van der Waals surface area contributed by atoms with E-state index in [4.69, 9.17) is 0 Å². The molecule has 1 heterocycles. The fraction of sp³-hybridized carbons (Fsp3) is 0.400. The summed E-state index contributed by atoms with van der Waals surface area (Å²) in [6.07, 6.45) is 1.86. The zero-order valence-corrected chi connectivity index (χ0v) is 11.6. The summed E-state index contributed by atoms with van der Waals surface area (Å²) in [5.74, 6) is 0.0697. The van der Waals surface area contributed by atoms with E-state index in [1.54, 1.807) is 4.90 Å². The molecule has 1 amide bonds. The van der Waals surface area contributed by atoms with Gasteiger partial charge >= 0.3 is 0 Å². The number of amides is 1. The second-order valence-electron chi connectivity index (χ2n) is 5.06. The van der Waals surface area contributed by atoms with Gasteiger partial charge in [0.1, 0.15) is 6.54 Å². The third kappa shape index (κ3) is 2.63. The molecule has 2 rings (SSSR count). The Morgan fingerprint density at radius 2 is 2.05 bits per heavy atom. The zero-order valence-electron chi connectivity index (χ0n) is 11.6. The second-order valence-corrected chi connectivity index (χ2v) is 5.06. The molecule has 1 N–H and O–H groups in total. The van der Waals surface area contributed by atoms with Gasteiger partial charge in [-0.15, -0.1) is 0 Å². The van der Waals surface area contributed by atoms with Gasteiger partial charge in [0, 0.05) is 35.8 Å². The Labute approximate surface area is 113 Å². The van der Waals surface area contributed by atoms with Gasteiger partial charge in [0.25, 0.3) is 0 Å². The van der Waals surface area contributed by atoms with Crippen LogP contribution in [0.5, 0.6) is 0 Å². The van der Waals surface area contributed by atoms with Gasteiger partial charge in [0.2, 0.25) is 5.91 Å². The molecule has 0 saturated carbocycles. The molecule has 4 heteroatoms. The lowest BCUT2D eigenvalue weighted by atomic mass is 10.2. The van der Waals surface area contributed by atoms with Crippen molar-refractivity contribution in [3.05, 3.63) is 36.0 Å². The number of likely N-dealkylation sites (N-methyl/N-ethyl adjacent to an activating group) is 1. The van der Waals surface area contributed by atoms with E-state index < -0.39 is 0 Å². The minimum atomic E-state index is -0.0122. The summed E-state index contributed by atoms with van der Waals surface area (Å²) >= 11 is 0. The summed E-state index contributed by atoms with van der Waals surface area (Å²) in [6, 6.07) is 8.00. The zero-order chi connectivity index (χ0) is 14.0. The molecule has 1 aromatic heterocycles. The number of aliphatic hydroxyl groups excluding tert-OH is 1. The lowest BCUT2D eigenvalue weighted by molar-refractivity contribution is -0.131. The van der Waals surface area contributed by atoms with Crippen molar-refractivity contribution < 1.29 is 9.90 Å². The Bertz CT molecular complexity index is 587. The van der Waals surface area contributed by atoms with E-state index in [-0.39, 0.29) is 18.6 Å². The maximum absolute atomic E-state index is 12.1. The standard InChI is InChI=1S/C15H20N2O2/c1-11(2)16(3)15(19)9-17-8-12(10-18)13-6-4-5-7-14(13)17/h4-8,11,18H,9-10H2,1-3H3. The molecule has 2 aromatic rings. The lowest BCUT2D eigenvalue weighted by Gasteiger charge is -2.21. The van der Waals surface area contributed by atoms with Crippen molar-refractivity contribution in [3.8, 4) is 0 Å². The van der Waals surface area contributed by atoms with Crippen molar-refractivity contribution in [2.45, 2.75) is 33.0 Å². The highest BCUT2D eigenvalue weighted by atomic mass is 16.3. The molecule has 0 saturated heterocycles. The van der Waals surface area contributed by atoms with Crippen LogP contribution in [-0.2, 0) is 17.9 Å². The summed E-state index contributed by atoms with van der Waals surface area (Å²) < 4.78 is 1.90. The van der Waals surface area contributed by atoms with E-state index in [1.807, 2.05) is 55.9 Å². The van der Waals surface area contributed by atoms with Crippen molar-refractivity contribution in [2.24, 2.45) is 0 Å². The number of para-hydroxylation sites is 1. The van der Waals surface area contributed by atoms with Crippen LogP contribution in [0.25, 0.3) is 10.9 Å². The third-order valence-electron chi connectivity index (χ3n) is 3.52. The number of hydrogen-bond donors (Lipinski definition) is 1. The Morgan fingerprint density at radius 3 is 2.68 bits per heavy atom. The van der Waals surface area contributed by atoms with Crippen molar-refractivity contribution in [1.29, 1.82) is 0 Å². The maximum Gasteiger partial charge on any atom is 0.242 e. The number of benzene rings is 1. The molecule has 0 bridgehead atoms. The number of hydrogen-bond acceptors (Lipinski definition) is 2. The van der Waals surface area contributed by atoms with Gasteiger partial charge in [-0.1, -0.05) is 18.2 Å². The topological polar surface area (TPSA) is 45.5 Å². The molecule has 19 heavy (non-hydrogen) atoms. The second kappa shape index (κ2) is 5.45. The fourth-order valence-electron chi connectivity index (χ4n) is 2.12. The van der Waals surface area contributed by atoms with Crippen LogP contribution >= 0.6 is 0 Å². The molecule has 0 aliphatic carbocycles. The number of carbonyl (C=O) groups excluding carboxylic acids is 1. The van der Waals surface area contributed by atoms with Crippen LogP contribution < -0.4 is 0 Å². The van der Waals surface area contributed by atoms with Gasteiger partial charge in [0.15, 0.2) is 0 Å². The number of aromatic nitrogens is 1. The highest BCUT2D eigenvalue weighted by Gasteiger charge is 2.15. The molecule has 0 fully saturated rings. The molecule has 0 radical (unpaired) electrons. The van der Waals surface area contributed by atoms with Crippen LogP contribution in [0.4, 0.5) is 0 Å². The monoisotopic (exact) mass is 260 g/mol. The SMILES string of the molecule is CC(C)N(C)C(=O)Cn1cc(CO)c2ccccc21. The molecule has 102 valence electrons. The normalized spacial score (nSPS) is 11.2. The predicted octanol–water partition coefficient (Wildman–Crippen LogP) is 2.00. The highest BCUT2D eigenvalue weighted by molar-refractivity contribution is 5.86. The minimum absolute atomic E-state index is 0.0122. The summed E-state index contributed by atoms with van der Waals surface area (Å²) in [6.45, 7) is 4.27. The molecule has 0 aliphatic rings. The van der Waals surface area contributed by atoms with Gasteiger partial charge in [0.05, 0.1) is 6.61 Å². The maximum atomic E-state index is 12.1. The van der Waals surface area contributed by atoms with Gasteiger partial charge in [-0.2, -0.15) is 0 Å².